The van der Waals surface area contributed by atoms with Crippen molar-refractivity contribution in [1.29, 1.82) is 0 Å². The van der Waals surface area contributed by atoms with Gasteiger partial charge in [0.15, 0.2) is 5.69 Å². The van der Waals surface area contributed by atoms with Crippen LogP contribution < -0.4 is 10.0 Å². The van der Waals surface area contributed by atoms with E-state index in [0.717, 1.165) is 28.4 Å². The Balaban J connectivity index is 1.78. The molecule has 2 aromatic carbocycles. The quantitative estimate of drug-likeness (QED) is 0.254. The fourth-order valence-electron chi connectivity index (χ4n) is 3.15. The summed E-state index contributed by atoms with van der Waals surface area (Å²) in [5.74, 6) is -2.88. The molecule has 3 rings (SSSR count). The number of nitrogens with one attached hydrogen (secondary N) is 2. The van der Waals surface area contributed by atoms with Crippen LogP contribution in [0, 0.1) is 6.92 Å². The Morgan fingerprint density at radius 1 is 0.974 bits per heavy atom. The number of rotatable bonds is 9. The van der Waals surface area contributed by atoms with E-state index in [2.05, 4.69) is 10.4 Å². The van der Waals surface area contributed by atoms with Gasteiger partial charge < -0.3 is 5.32 Å². The van der Waals surface area contributed by atoms with Crippen LogP contribution in [0.4, 0.5) is 13.2 Å². The molecule has 0 bridgehead atoms. The first-order valence-electron chi connectivity index (χ1n) is 10.9. The molecule has 16 heteroatoms. The largest absolute Gasteiger partial charge is 0.435 e. The van der Waals surface area contributed by atoms with Crippen LogP contribution in [-0.4, -0.2) is 55.3 Å². The van der Waals surface area contributed by atoms with Crippen molar-refractivity contribution < 1.29 is 44.1 Å². The molecule has 0 saturated carbocycles. The van der Waals surface area contributed by atoms with E-state index in [0.29, 0.717) is 17.7 Å². The highest BCUT2D eigenvalue weighted by Crippen LogP contribution is 2.33. The van der Waals surface area contributed by atoms with Crippen molar-refractivity contribution in [2.45, 2.75) is 18.0 Å². The van der Waals surface area contributed by atoms with E-state index in [1.165, 1.54) is 12.1 Å². The van der Waals surface area contributed by atoms with Gasteiger partial charge in [0.2, 0.25) is 5.91 Å². The second kappa shape index (κ2) is 11.4. The summed E-state index contributed by atoms with van der Waals surface area (Å²) in [6.45, 7) is 1.37. The Morgan fingerprint density at radius 3 is 2.13 bits per heavy atom. The highest BCUT2D eigenvalue weighted by atomic mass is 32.2. The highest BCUT2D eigenvalue weighted by Gasteiger charge is 2.35. The van der Waals surface area contributed by atoms with Crippen LogP contribution in [0.2, 0.25) is 0 Å². The third kappa shape index (κ3) is 8.23. The number of nitrogens with zero attached hydrogens (tertiary/aromatic N) is 2. The summed E-state index contributed by atoms with van der Waals surface area (Å²) in [6, 6.07) is 12.1. The Labute approximate surface area is 221 Å². The Morgan fingerprint density at radius 2 is 1.56 bits per heavy atom. The molecule has 0 radical (unpaired) electrons. The first-order valence-corrected chi connectivity index (χ1v) is 14.0. The Kier molecular flexibility index (Phi) is 8.62. The summed E-state index contributed by atoms with van der Waals surface area (Å²) >= 11 is 0. The maximum atomic E-state index is 13.4. The summed E-state index contributed by atoms with van der Waals surface area (Å²) in [7, 11) is -8.74. The van der Waals surface area contributed by atoms with E-state index in [-0.39, 0.29) is 11.4 Å². The second-order valence-corrected chi connectivity index (χ2v) is 11.3. The molecular weight excluding hydrogens is 565 g/mol. The number of halogens is 3. The van der Waals surface area contributed by atoms with Crippen molar-refractivity contribution in [3.63, 3.8) is 0 Å². The fraction of sp³-hybridized carbons (Fsp3) is 0.174. The summed E-state index contributed by atoms with van der Waals surface area (Å²) in [6.07, 6.45) is -3.48. The molecule has 0 atom stereocenters. The van der Waals surface area contributed by atoms with Crippen molar-refractivity contribution in [2.24, 2.45) is 0 Å². The van der Waals surface area contributed by atoms with Crippen molar-refractivity contribution >= 4 is 32.0 Å². The number of aryl methyl sites for hydroxylation is 1. The zero-order valence-electron chi connectivity index (χ0n) is 20.0. The monoisotopic (exact) mass is 586 g/mol. The minimum atomic E-state index is -4.72. The van der Waals surface area contributed by atoms with Crippen LogP contribution >= 0.6 is 0 Å². The van der Waals surface area contributed by atoms with Gasteiger partial charge in [-0.2, -0.15) is 26.7 Å². The summed E-state index contributed by atoms with van der Waals surface area (Å²) in [4.78, 5) is 23.1. The van der Waals surface area contributed by atoms with Crippen LogP contribution in [0.5, 0.6) is 0 Å². The molecule has 0 aliphatic carbocycles. The highest BCUT2D eigenvalue weighted by molar-refractivity contribution is 7.90. The van der Waals surface area contributed by atoms with Crippen molar-refractivity contribution in [3.05, 3.63) is 78.0 Å². The van der Waals surface area contributed by atoms with Gasteiger partial charge in [0.1, 0.15) is 0 Å². The molecule has 3 aromatic rings. The molecule has 1 aromatic heterocycles. The lowest BCUT2D eigenvalue weighted by Crippen LogP contribution is -2.30. The second-order valence-electron chi connectivity index (χ2n) is 8.06. The number of carbonyl (C=O) groups excluding carboxylic acids is 2. The molecule has 208 valence electrons. The minimum absolute atomic E-state index is 0.117. The summed E-state index contributed by atoms with van der Waals surface area (Å²) in [5, 5.41) is 5.71. The normalized spacial score (nSPS) is 12.4. The molecule has 39 heavy (non-hydrogen) atoms. The van der Waals surface area contributed by atoms with Crippen LogP contribution in [-0.2, 0) is 35.9 Å². The first-order chi connectivity index (χ1) is 18.0. The lowest BCUT2D eigenvalue weighted by molar-refractivity contribution is -0.141. The van der Waals surface area contributed by atoms with Crippen molar-refractivity contribution in [3.8, 4) is 16.9 Å². The molecule has 0 spiro atoms. The standard InChI is InChI=1S/C23H21F3N4O7S2/c1-15-2-4-16(5-3-15)19-14-20(23(24,25)26)28-30(19)17-6-8-18(9-7-17)39(36,37)29-22(32)11-10-21(31)27-12-13-38(33,34)35/h2-11,14H,12-13H2,1H3,(H,27,31)(H,29,32)(H,33,34,35)/b11-10-. The Hall–Kier alpha value is -4.02. The van der Waals surface area contributed by atoms with Gasteiger partial charge in [0.05, 0.1) is 22.0 Å². The maximum absolute atomic E-state index is 13.4. The van der Waals surface area contributed by atoms with E-state index >= 15 is 0 Å². The van der Waals surface area contributed by atoms with Crippen LogP contribution in [0.1, 0.15) is 11.3 Å². The predicted octanol–water partition coefficient (Wildman–Crippen LogP) is 2.23. The van der Waals surface area contributed by atoms with Gasteiger partial charge >= 0.3 is 6.18 Å². The van der Waals surface area contributed by atoms with Crippen molar-refractivity contribution in [1.82, 2.24) is 19.8 Å². The lowest BCUT2D eigenvalue weighted by Gasteiger charge is -2.10. The van der Waals surface area contributed by atoms with Gasteiger partial charge in [0, 0.05) is 24.3 Å². The molecule has 0 aliphatic rings. The number of carbonyl (C=O) groups is 2. The zero-order valence-corrected chi connectivity index (χ0v) is 21.6. The number of benzene rings is 2. The van der Waals surface area contributed by atoms with Gasteiger partial charge in [0.25, 0.3) is 26.0 Å². The van der Waals surface area contributed by atoms with E-state index in [4.69, 9.17) is 4.55 Å². The third-order valence-corrected chi connectivity index (χ3v) is 7.10. The predicted molar refractivity (Wildman–Crippen MR) is 133 cm³/mol. The van der Waals surface area contributed by atoms with Gasteiger partial charge in [-0.15, -0.1) is 0 Å². The number of aromatic nitrogens is 2. The molecule has 3 N–H and O–H groups in total. The average Bonchev–Trinajstić information content (AvgIpc) is 3.28. The molecule has 0 aliphatic heterocycles. The summed E-state index contributed by atoms with van der Waals surface area (Å²) in [5.41, 5.74) is 0.432. The van der Waals surface area contributed by atoms with Gasteiger partial charge in [-0.25, -0.2) is 17.8 Å². The van der Waals surface area contributed by atoms with E-state index < -0.39 is 61.0 Å². The third-order valence-electron chi connectivity index (χ3n) is 5.02. The van der Waals surface area contributed by atoms with Gasteiger partial charge in [-0.05, 0) is 37.3 Å². The molecule has 0 unspecified atom stereocenters. The minimum Gasteiger partial charge on any atom is -0.351 e. The number of hydrogen-bond acceptors (Lipinski definition) is 7. The smallest absolute Gasteiger partial charge is 0.351 e. The van der Waals surface area contributed by atoms with Crippen molar-refractivity contribution in [2.75, 3.05) is 12.3 Å². The van der Waals surface area contributed by atoms with Crippen LogP contribution in [0.15, 0.2) is 71.6 Å². The maximum Gasteiger partial charge on any atom is 0.435 e. The van der Waals surface area contributed by atoms with E-state index in [1.807, 2.05) is 6.92 Å². The van der Waals surface area contributed by atoms with Gasteiger partial charge in [-0.1, -0.05) is 29.8 Å². The molecule has 0 fully saturated rings. The molecule has 2 amide bonds. The molecule has 1 heterocycles. The van der Waals surface area contributed by atoms with Crippen LogP contribution in [0.3, 0.4) is 0 Å². The average molecular weight is 587 g/mol. The van der Waals surface area contributed by atoms with E-state index in [1.54, 1.807) is 29.0 Å². The number of amides is 2. The number of alkyl halides is 3. The lowest BCUT2D eigenvalue weighted by atomic mass is 10.1. The Bertz CT molecular complexity index is 1610. The fourth-order valence-corrected chi connectivity index (χ4v) is 4.46. The SMILES string of the molecule is Cc1ccc(-c2cc(C(F)(F)F)nn2-c2ccc(S(=O)(=O)NC(=O)/C=C\C(=O)NCCS(=O)(=O)O)cc2)cc1. The zero-order chi connectivity index (χ0) is 29.0. The molecule has 0 saturated heterocycles. The van der Waals surface area contributed by atoms with Gasteiger partial charge in [-0.3, -0.25) is 14.1 Å². The van der Waals surface area contributed by atoms with Crippen LogP contribution in [0.25, 0.3) is 16.9 Å². The molecule has 11 nitrogen and oxygen atoms in total. The summed E-state index contributed by atoms with van der Waals surface area (Å²) < 4.78 is 97.8. The number of hydrogen-bond donors (Lipinski definition) is 3. The first kappa shape index (κ1) is 29.5. The molecular formula is C23H21F3N4O7S2. The topological polar surface area (TPSA) is 165 Å². The number of sulfonamides is 1. The van der Waals surface area contributed by atoms with E-state index in [9.17, 15) is 39.6 Å².